The molecule has 0 unspecified atom stereocenters. The number of anilines is 1. The normalized spacial score (nSPS) is 11.0. The predicted molar refractivity (Wildman–Crippen MR) is 132 cm³/mol. The van der Waals surface area contributed by atoms with E-state index < -0.39 is 0 Å². The Morgan fingerprint density at radius 3 is 2.44 bits per heavy atom. The van der Waals surface area contributed by atoms with Crippen molar-refractivity contribution in [2.45, 2.75) is 26.7 Å². The Balaban J connectivity index is 1.60. The molecule has 0 spiro atoms. The Hall–Kier alpha value is -4.06. The lowest BCUT2D eigenvalue weighted by atomic mass is 10.0. The predicted octanol–water partition coefficient (Wildman–Crippen LogP) is 6.12. The van der Waals surface area contributed by atoms with Crippen molar-refractivity contribution in [1.82, 2.24) is 0 Å². The minimum Gasteiger partial charge on any atom is -0.497 e. The standard InChI is InChI=1S/C28H27NO5/c1-17(2)21-14-9-18(3)15-24(21)33-16-25(30)29-26-22-7-5-6-8-23(22)34-28(26)27(31)19-10-12-20(32-4)13-11-19/h5-15,17H,16H2,1-4H3,(H,29,30). The second-order valence-corrected chi connectivity index (χ2v) is 8.39. The van der Waals surface area contributed by atoms with Crippen molar-refractivity contribution in [3.63, 3.8) is 0 Å². The summed E-state index contributed by atoms with van der Waals surface area (Å²) < 4.78 is 16.9. The highest BCUT2D eigenvalue weighted by Gasteiger charge is 2.24. The molecule has 4 rings (SSSR count). The van der Waals surface area contributed by atoms with Crippen LogP contribution in [0.2, 0.25) is 0 Å². The van der Waals surface area contributed by atoms with E-state index in [0.29, 0.717) is 33.7 Å². The van der Waals surface area contributed by atoms with Crippen molar-refractivity contribution >= 4 is 28.3 Å². The van der Waals surface area contributed by atoms with Crippen molar-refractivity contribution in [2.24, 2.45) is 0 Å². The van der Waals surface area contributed by atoms with Crippen LogP contribution in [0.4, 0.5) is 5.69 Å². The SMILES string of the molecule is COc1ccc(C(=O)c2oc3ccccc3c2NC(=O)COc2cc(C)ccc2C(C)C)cc1. The van der Waals surface area contributed by atoms with Crippen LogP contribution < -0.4 is 14.8 Å². The topological polar surface area (TPSA) is 77.8 Å². The number of amides is 1. The van der Waals surface area contributed by atoms with Crippen molar-refractivity contribution in [3.8, 4) is 11.5 Å². The van der Waals surface area contributed by atoms with E-state index in [1.54, 1.807) is 43.5 Å². The number of para-hydroxylation sites is 1. The quantitative estimate of drug-likeness (QED) is 0.323. The van der Waals surface area contributed by atoms with Gasteiger partial charge in [0.05, 0.1) is 12.8 Å². The molecule has 0 aliphatic rings. The summed E-state index contributed by atoms with van der Waals surface area (Å²) in [7, 11) is 1.56. The zero-order valence-corrected chi connectivity index (χ0v) is 19.7. The number of hydrogen-bond acceptors (Lipinski definition) is 5. The van der Waals surface area contributed by atoms with Crippen LogP contribution in [-0.2, 0) is 4.79 Å². The largest absolute Gasteiger partial charge is 0.497 e. The number of rotatable bonds is 8. The summed E-state index contributed by atoms with van der Waals surface area (Å²) in [6.07, 6.45) is 0. The van der Waals surface area contributed by atoms with E-state index in [2.05, 4.69) is 19.2 Å². The molecular weight excluding hydrogens is 430 g/mol. The number of furan rings is 1. The molecule has 1 N–H and O–H groups in total. The Morgan fingerprint density at radius 1 is 1.00 bits per heavy atom. The molecule has 6 nitrogen and oxygen atoms in total. The number of aryl methyl sites for hydroxylation is 1. The van der Waals surface area contributed by atoms with Gasteiger partial charge in [-0.25, -0.2) is 0 Å². The summed E-state index contributed by atoms with van der Waals surface area (Å²) >= 11 is 0. The molecule has 1 amide bonds. The molecule has 0 atom stereocenters. The molecule has 4 aromatic rings. The second-order valence-electron chi connectivity index (χ2n) is 8.39. The van der Waals surface area contributed by atoms with Crippen LogP contribution in [0.25, 0.3) is 11.0 Å². The van der Waals surface area contributed by atoms with Gasteiger partial charge in [0.2, 0.25) is 5.78 Å². The van der Waals surface area contributed by atoms with Gasteiger partial charge in [-0.3, -0.25) is 9.59 Å². The molecule has 0 aliphatic carbocycles. The number of methoxy groups -OCH3 is 1. The maximum Gasteiger partial charge on any atom is 0.262 e. The summed E-state index contributed by atoms with van der Waals surface area (Å²) in [4.78, 5) is 26.1. The zero-order chi connectivity index (χ0) is 24.2. The van der Waals surface area contributed by atoms with Gasteiger partial charge >= 0.3 is 0 Å². The first-order valence-electron chi connectivity index (χ1n) is 11.1. The van der Waals surface area contributed by atoms with E-state index in [0.717, 1.165) is 11.1 Å². The zero-order valence-electron chi connectivity index (χ0n) is 19.7. The Morgan fingerprint density at radius 2 is 1.74 bits per heavy atom. The van der Waals surface area contributed by atoms with Crippen LogP contribution in [0.3, 0.4) is 0 Å². The first-order valence-corrected chi connectivity index (χ1v) is 11.1. The summed E-state index contributed by atoms with van der Waals surface area (Å²) in [5.74, 6) is 0.922. The highest BCUT2D eigenvalue weighted by molar-refractivity contribution is 6.17. The molecule has 6 heteroatoms. The van der Waals surface area contributed by atoms with Gasteiger partial charge in [0, 0.05) is 10.9 Å². The minimum absolute atomic E-state index is 0.0677. The Labute approximate surface area is 198 Å². The molecule has 0 bridgehead atoms. The molecule has 1 heterocycles. The van der Waals surface area contributed by atoms with Gasteiger partial charge in [0.25, 0.3) is 5.91 Å². The lowest BCUT2D eigenvalue weighted by molar-refractivity contribution is -0.118. The fourth-order valence-electron chi connectivity index (χ4n) is 3.77. The number of ether oxygens (including phenoxy) is 2. The molecule has 0 radical (unpaired) electrons. The molecule has 3 aromatic carbocycles. The van der Waals surface area contributed by atoms with E-state index in [4.69, 9.17) is 13.9 Å². The van der Waals surface area contributed by atoms with Gasteiger partial charge in [-0.2, -0.15) is 0 Å². The average Bonchev–Trinajstić information content (AvgIpc) is 3.20. The number of fused-ring (bicyclic) bond motifs is 1. The third-order valence-corrected chi connectivity index (χ3v) is 5.57. The monoisotopic (exact) mass is 457 g/mol. The maximum atomic E-state index is 13.2. The first kappa shape index (κ1) is 23.1. The van der Waals surface area contributed by atoms with Crippen LogP contribution in [-0.4, -0.2) is 25.4 Å². The number of carbonyl (C=O) groups is 2. The van der Waals surface area contributed by atoms with Crippen LogP contribution in [0, 0.1) is 6.92 Å². The van der Waals surface area contributed by atoms with Gasteiger partial charge in [0.1, 0.15) is 17.1 Å². The van der Waals surface area contributed by atoms with Crippen LogP contribution in [0.15, 0.2) is 71.1 Å². The van der Waals surface area contributed by atoms with Crippen LogP contribution in [0.5, 0.6) is 11.5 Å². The third kappa shape index (κ3) is 4.81. The lowest BCUT2D eigenvalue weighted by Gasteiger charge is -2.15. The van der Waals surface area contributed by atoms with Gasteiger partial charge in [-0.15, -0.1) is 0 Å². The maximum absolute atomic E-state index is 13.2. The Bertz CT molecular complexity index is 1330. The van der Waals surface area contributed by atoms with Gasteiger partial charge < -0.3 is 19.2 Å². The number of ketones is 1. The van der Waals surface area contributed by atoms with Crippen molar-refractivity contribution in [1.29, 1.82) is 0 Å². The second kappa shape index (κ2) is 9.83. The fraction of sp³-hybridized carbons (Fsp3) is 0.214. The summed E-state index contributed by atoms with van der Waals surface area (Å²) in [6.45, 7) is 5.93. The summed E-state index contributed by atoms with van der Waals surface area (Å²) in [6, 6.07) is 19.9. The molecule has 0 saturated heterocycles. The van der Waals surface area contributed by atoms with Crippen molar-refractivity contribution in [2.75, 3.05) is 19.0 Å². The fourth-order valence-corrected chi connectivity index (χ4v) is 3.77. The van der Waals surface area contributed by atoms with Crippen molar-refractivity contribution < 1.29 is 23.5 Å². The van der Waals surface area contributed by atoms with Gasteiger partial charge in [-0.05, 0) is 66.4 Å². The first-order chi connectivity index (χ1) is 16.4. The van der Waals surface area contributed by atoms with E-state index in [1.807, 2.05) is 37.3 Å². The smallest absolute Gasteiger partial charge is 0.262 e. The highest BCUT2D eigenvalue weighted by Crippen LogP contribution is 2.33. The molecular formula is C28H27NO5. The van der Waals surface area contributed by atoms with Crippen LogP contribution >= 0.6 is 0 Å². The molecule has 1 aromatic heterocycles. The molecule has 0 fully saturated rings. The third-order valence-electron chi connectivity index (χ3n) is 5.57. The van der Waals surface area contributed by atoms with E-state index >= 15 is 0 Å². The average molecular weight is 458 g/mol. The molecule has 0 aliphatic heterocycles. The number of hydrogen-bond donors (Lipinski definition) is 1. The number of carbonyl (C=O) groups excluding carboxylic acids is 2. The molecule has 174 valence electrons. The Kier molecular flexibility index (Phi) is 6.68. The van der Waals surface area contributed by atoms with Gasteiger partial charge in [-0.1, -0.05) is 38.1 Å². The highest BCUT2D eigenvalue weighted by atomic mass is 16.5. The van der Waals surface area contributed by atoms with Gasteiger partial charge in [0.15, 0.2) is 12.4 Å². The minimum atomic E-state index is -0.383. The summed E-state index contributed by atoms with van der Waals surface area (Å²) in [5.41, 5.74) is 3.35. The van der Waals surface area contributed by atoms with E-state index in [9.17, 15) is 9.59 Å². The summed E-state index contributed by atoms with van der Waals surface area (Å²) in [5, 5.41) is 3.48. The van der Waals surface area contributed by atoms with Crippen molar-refractivity contribution in [3.05, 3.63) is 89.2 Å². The van der Waals surface area contributed by atoms with Crippen LogP contribution in [0.1, 0.15) is 47.0 Å². The number of nitrogens with one attached hydrogen (secondary N) is 1. The van der Waals surface area contributed by atoms with E-state index in [1.165, 1.54) is 0 Å². The lowest BCUT2D eigenvalue weighted by Crippen LogP contribution is -2.21. The number of benzene rings is 3. The van der Waals surface area contributed by atoms with E-state index in [-0.39, 0.29) is 30.0 Å². The molecule has 0 saturated carbocycles. The molecule has 34 heavy (non-hydrogen) atoms.